The second-order valence-corrected chi connectivity index (χ2v) is 12.4. The van der Waals surface area contributed by atoms with E-state index in [4.69, 9.17) is 9.47 Å². The minimum atomic E-state index is -4.49. The lowest BCUT2D eigenvalue weighted by molar-refractivity contribution is -0.141. The summed E-state index contributed by atoms with van der Waals surface area (Å²) in [5.41, 5.74) is 0.518. The summed E-state index contributed by atoms with van der Waals surface area (Å²) in [5, 5.41) is 8.62. The van der Waals surface area contributed by atoms with Gasteiger partial charge in [-0.3, -0.25) is 9.36 Å². The molecule has 0 bridgehead atoms. The van der Waals surface area contributed by atoms with Gasteiger partial charge in [0.2, 0.25) is 0 Å². The molecule has 0 N–H and O–H groups in total. The number of alkyl halides is 3. The number of benzene rings is 2. The SMILES string of the molecule is CC(=O)OCC(C)(C)[SH]1C=C(C)C(OC(c2ccccc2)c2nn(-c3ccc(C(F)(F)F)cc3)c(=O)n2C)=C1. The van der Waals surface area contributed by atoms with Crippen LogP contribution in [0.4, 0.5) is 13.2 Å². The van der Waals surface area contributed by atoms with Gasteiger partial charge in [0.05, 0.1) is 11.3 Å². The Morgan fingerprint density at radius 3 is 2.28 bits per heavy atom. The van der Waals surface area contributed by atoms with Crippen molar-refractivity contribution in [2.75, 3.05) is 6.61 Å². The molecular formula is C28H30F3N3O4S. The molecule has 3 aromatic rings. The third kappa shape index (κ3) is 6.13. The number of halogens is 3. The third-order valence-corrected chi connectivity index (χ3v) is 9.05. The molecule has 208 valence electrons. The molecule has 1 aliphatic heterocycles. The van der Waals surface area contributed by atoms with Crippen LogP contribution in [0.5, 0.6) is 0 Å². The Kier molecular flexibility index (Phi) is 7.83. The van der Waals surface area contributed by atoms with Crippen molar-refractivity contribution in [2.24, 2.45) is 7.05 Å². The fraction of sp³-hybridized carbons (Fsp3) is 0.321. The summed E-state index contributed by atoms with van der Waals surface area (Å²) in [7, 11) is 0.711. The van der Waals surface area contributed by atoms with Gasteiger partial charge in [-0.15, -0.1) is 5.10 Å². The van der Waals surface area contributed by atoms with E-state index >= 15 is 0 Å². The first-order valence-electron chi connectivity index (χ1n) is 12.2. The fourth-order valence-corrected chi connectivity index (χ4v) is 6.08. The molecule has 2 aromatic carbocycles. The van der Waals surface area contributed by atoms with Gasteiger partial charge in [0.1, 0.15) is 12.4 Å². The van der Waals surface area contributed by atoms with Gasteiger partial charge in [0, 0.05) is 24.3 Å². The number of rotatable bonds is 8. The van der Waals surface area contributed by atoms with Crippen LogP contribution in [0.3, 0.4) is 0 Å². The van der Waals surface area contributed by atoms with E-state index in [9.17, 15) is 22.8 Å². The number of nitrogens with zero attached hydrogens (tertiary/aromatic N) is 3. The topological polar surface area (TPSA) is 75.3 Å². The molecule has 0 fully saturated rings. The van der Waals surface area contributed by atoms with E-state index in [0.29, 0.717) is 5.76 Å². The normalized spacial score (nSPS) is 17.4. The predicted molar refractivity (Wildman–Crippen MR) is 145 cm³/mol. The van der Waals surface area contributed by atoms with Crippen molar-refractivity contribution >= 4 is 16.9 Å². The summed E-state index contributed by atoms with van der Waals surface area (Å²) in [6, 6.07) is 13.5. The highest BCUT2D eigenvalue weighted by Gasteiger charge is 2.33. The van der Waals surface area contributed by atoms with Crippen molar-refractivity contribution in [3.05, 3.63) is 104 Å². The summed E-state index contributed by atoms with van der Waals surface area (Å²) in [4.78, 5) is 24.5. The zero-order valence-electron chi connectivity index (χ0n) is 22.2. The Hall–Kier alpha value is -3.73. The molecule has 0 saturated heterocycles. The van der Waals surface area contributed by atoms with Crippen LogP contribution in [0.2, 0.25) is 0 Å². The minimum absolute atomic E-state index is 0.202. The molecular weight excluding hydrogens is 531 g/mol. The molecule has 2 unspecified atom stereocenters. The lowest BCUT2D eigenvalue weighted by atomic mass is 10.1. The summed E-state index contributed by atoms with van der Waals surface area (Å²) < 4.78 is 53.0. The van der Waals surface area contributed by atoms with E-state index in [1.807, 2.05) is 56.5 Å². The Labute approximate surface area is 226 Å². The average Bonchev–Trinajstić information content (AvgIpc) is 3.41. The van der Waals surface area contributed by atoms with Crippen LogP contribution in [-0.4, -0.2) is 31.7 Å². The van der Waals surface area contributed by atoms with Gasteiger partial charge in [0.25, 0.3) is 0 Å². The van der Waals surface area contributed by atoms with Crippen molar-refractivity contribution < 1.29 is 27.4 Å². The van der Waals surface area contributed by atoms with E-state index in [1.165, 1.54) is 23.6 Å². The van der Waals surface area contributed by atoms with Gasteiger partial charge in [-0.2, -0.15) is 17.9 Å². The van der Waals surface area contributed by atoms with Gasteiger partial charge in [0.15, 0.2) is 11.9 Å². The van der Waals surface area contributed by atoms with E-state index < -0.39 is 34.4 Å². The standard InChI is InChI=1S/C28H30F3N3O4S/c1-18-15-39(27(3,4)17-37-19(2)35)16-23(18)38-24(20-9-7-6-8-10-20)25-32-34(26(36)33(25)5)22-13-11-21(12-14-22)28(29,30)31/h6-16,24,39H,17H2,1-5H3. The molecule has 7 nitrogen and oxygen atoms in total. The second kappa shape index (κ2) is 10.8. The highest BCUT2D eigenvalue weighted by Crippen LogP contribution is 2.51. The minimum Gasteiger partial charge on any atom is -0.477 e. The summed E-state index contributed by atoms with van der Waals surface area (Å²) in [5.74, 6) is 0.574. The zero-order valence-corrected chi connectivity index (χ0v) is 23.1. The zero-order chi connectivity index (χ0) is 28.5. The maximum absolute atomic E-state index is 13.1. The smallest absolute Gasteiger partial charge is 0.416 e. The summed E-state index contributed by atoms with van der Waals surface area (Å²) >= 11 is 0. The van der Waals surface area contributed by atoms with Crippen molar-refractivity contribution in [3.8, 4) is 5.69 Å². The lowest BCUT2D eigenvalue weighted by Crippen LogP contribution is -2.26. The van der Waals surface area contributed by atoms with E-state index in [-0.39, 0.29) is 28.8 Å². The quantitative estimate of drug-likeness (QED) is 0.278. The number of carbonyl (C=O) groups excluding carboxylic acids is 1. The van der Waals surface area contributed by atoms with E-state index in [0.717, 1.165) is 28.0 Å². The van der Waals surface area contributed by atoms with Crippen LogP contribution >= 0.6 is 10.9 Å². The molecule has 2 heterocycles. The molecule has 0 saturated carbocycles. The Morgan fingerprint density at radius 1 is 1.05 bits per heavy atom. The molecule has 1 aromatic heterocycles. The molecule has 0 spiro atoms. The number of esters is 1. The third-order valence-electron chi connectivity index (χ3n) is 6.34. The highest BCUT2D eigenvalue weighted by atomic mass is 32.2. The maximum atomic E-state index is 13.1. The molecule has 0 radical (unpaired) electrons. The number of carbonyl (C=O) groups is 1. The monoisotopic (exact) mass is 561 g/mol. The molecule has 1 aliphatic rings. The highest BCUT2D eigenvalue weighted by molar-refractivity contribution is 8.23. The first-order valence-corrected chi connectivity index (χ1v) is 13.6. The lowest BCUT2D eigenvalue weighted by Gasteiger charge is -2.31. The van der Waals surface area contributed by atoms with Gasteiger partial charge in [-0.25, -0.2) is 15.7 Å². The van der Waals surface area contributed by atoms with Gasteiger partial charge < -0.3 is 9.47 Å². The van der Waals surface area contributed by atoms with Crippen LogP contribution in [0.25, 0.3) is 5.69 Å². The maximum Gasteiger partial charge on any atom is 0.416 e. The average molecular weight is 562 g/mol. The molecule has 11 heteroatoms. The number of thiol groups is 1. The number of hydrogen-bond donors (Lipinski definition) is 1. The first-order chi connectivity index (χ1) is 18.3. The molecule has 2 atom stereocenters. The fourth-order valence-electron chi connectivity index (χ4n) is 4.03. The second-order valence-electron chi connectivity index (χ2n) is 9.87. The summed E-state index contributed by atoms with van der Waals surface area (Å²) in [6.07, 6.45) is -5.27. The van der Waals surface area contributed by atoms with Crippen molar-refractivity contribution in [2.45, 2.75) is 44.7 Å². The van der Waals surface area contributed by atoms with Gasteiger partial charge >= 0.3 is 17.8 Å². The van der Waals surface area contributed by atoms with Gasteiger partial charge in [-0.1, -0.05) is 30.3 Å². The van der Waals surface area contributed by atoms with Crippen LogP contribution in [-0.2, 0) is 27.5 Å². The van der Waals surface area contributed by atoms with E-state index in [2.05, 4.69) is 10.5 Å². The molecule has 4 rings (SSSR count). The van der Waals surface area contributed by atoms with Crippen LogP contribution in [0, 0.1) is 0 Å². The molecule has 0 aliphatic carbocycles. The van der Waals surface area contributed by atoms with Crippen molar-refractivity contribution in [1.82, 2.24) is 14.3 Å². The molecule has 0 amide bonds. The number of aromatic nitrogens is 3. The van der Waals surface area contributed by atoms with Crippen LogP contribution < -0.4 is 5.69 Å². The van der Waals surface area contributed by atoms with Crippen molar-refractivity contribution in [3.63, 3.8) is 0 Å². The number of allylic oxidation sites excluding steroid dienone is 1. The number of hydrogen-bond acceptors (Lipinski definition) is 5. The molecule has 39 heavy (non-hydrogen) atoms. The summed E-state index contributed by atoms with van der Waals surface area (Å²) in [6.45, 7) is 7.61. The Bertz CT molecular complexity index is 1470. The number of ether oxygens (including phenoxy) is 2. The van der Waals surface area contributed by atoms with Crippen LogP contribution in [0.15, 0.2) is 81.5 Å². The Morgan fingerprint density at radius 2 is 1.69 bits per heavy atom. The predicted octanol–water partition coefficient (Wildman–Crippen LogP) is 5.80. The first kappa shape index (κ1) is 28.3. The van der Waals surface area contributed by atoms with Crippen LogP contribution in [0.1, 0.15) is 50.8 Å². The largest absolute Gasteiger partial charge is 0.477 e. The Balaban J connectivity index is 1.71. The van der Waals surface area contributed by atoms with Gasteiger partial charge in [-0.05, 0) is 61.4 Å². The van der Waals surface area contributed by atoms with E-state index in [1.54, 1.807) is 7.05 Å². The van der Waals surface area contributed by atoms with Crippen molar-refractivity contribution in [1.29, 1.82) is 0 Å².